The van der Waals surface area contributed by atoms with E-state index in [1.165, 1.54) is 17.3 Å². The summed E-state index contributed by atoms with van der Waals surface area (Å²) in [6.07, 6.45) is 6.68. The molecule has 1 aromatic carbocycles. The van der Waals surface area contributed by atoms with Gasteiger partial charge in [0.05, 0.1) is 24.9 Å². The number of aromatic nitrogens is 2. The number of H-pyrrole nitrogens is 1. The summed E-state index contributed by atoms with van der Waals surface area (Å²) >= 11 is 1.52. The number of ether oxygens (including phenoxy) is 2. The molecule has 2 N–H and O–H groups in total. The minimum absolute atomic E-state index is 0.142. The second-order valence-electron chi connectivity index (χ2n) is 11.6. The number of morpholine rings is 1. The number of benzene rings is 1. The first-order valence-electron chi connectivity index (χ1n) is 14.8. The SMILES string of the molecule is COC1CCC([C@@H](C)n2c(C)c(C(=O)NCc3c(SC)cc(C)[nH]c3=O)c3cc(CN4CCOCC4)ccc32)CC1. The van der Waals surface area contributed by atoms with Gasteiger partial charge in [-0.2, -0.15) is 0 Å². The van der Waals surface area contributed by atoms with Crippen LogP contribution in [0.2, 0.25) is 0 Å². The van der Waals surface area contributed by atoms with Gasteiger partial charge in [-0.05, 0) is 82.4 Å². The van der Waals surface area contributed by atoms with Gasteiger partial charge >= 0.3 is 0 Å². The van der Waals surface area contributed by atoms with Crippen molar-refractivity contribution in [3.63, 3.8) is 0 Å². The van der Waals surface area contributed by atoms with E-state index in [0.717, 1.165) is 85.7 Å². The third-order valence-corrected chi connectivity index (χ3v) is 9.87. The Labute approximate surface area is 247 Å². The summed E-state index contributed by atoms with van der Waals surface area (Å²) in [5, 5.41) is 4.08. The van der Waals surface area contributed by atoms with Gasteiger partial charge in [0.15, 0.2) is 0 Å². The number of nitrogens with one attached hydrogen (secondary N) is 2. The Balaban J connectivity index is 1.49. The van der Waals surface area contributed by atoms with Gasteiger partial charge < -0.3 is 24.3 Å². The first-order chi connectivity index (χ1) is 19.8. The Morgan fingerprint density at radius 3 is 2.59 bits per heavy atom. The van der Waals surface area contributed by atoms with E-state index in [4.69, 9.17) is 9.47 Å². The first-order valence-corrected chi connectivity index (χ1v) is 16.0. The summed E-state index contributed by atoms with van der Waals surface area (Å²) in [6, 6.07) is 8.82. The van der Waals surface area contributed by atoms with Crippen LogP contribution >= 0.6 is 11.8 Å². The van der Waals surface area contributed by atoms with Gasteiger partial charge in [-0.1, -0.05) is 6.07 Å². The summed E-state index contributed by atoms with van der Waals surface area (Å²) in [5.74, 6) is 0.381. The molecular weight excluding hydrogens is 536 g/mol. The molecule has 1 amide bonds. The van der Waals surface area contributed by atoms with Crippen molar-refractivity contribution in [1.82, 2.24) is 19.8 Å². The van der Waals surface area contributed by atoms with Crippen LogP contribution in [0.3, 0.4) is 0 Å². The van der Waals surface area contributed by atoms with Crippen molar-refractivity contribution in [3.05, 3.63) is 62.7 Å². The molecule has 0 unspecified atom stereocenters. The Kier molecular flexibility index (Phi) is 9.59. The monoisotopic (exact) mass is 580 g/mol. The number of methoxy groups -OCH3 is 1. The third kappa shape index (κ3) is 6.43. The van der Waals surface area contributed by atoms with E-state index in [9.17, 15) is 9.59 Å². The smallest absolute Gasteiger partial charge is 0.254 e. The maximum absolute atomic E-state index is 13.9. The van der Waals surface area contributed by atoms with Crippen molar-refractivity contribution in [2.45, 2.75) is 76.6 Å². The summed E-state index contributed by atoms with van der Waals surface area (Å²) in [6.45, 7) is 10.6. The number of hydrogen-bond acceptors (Lipinski definition) is 6. The van der Waals surface area contributed by atoms with E-state index in [1.807, 2.05) is 26.4 Å². The lowest BCUT2D eigenvalue weighted by molar-refractivity contribution is 0.0342. The molecule has 1 aliphatic carbocycles. The average molecular weight is 581 g/mol. The molecule has 8 nitrogen and oxygen atoms in total. The van der Waals surface area contributed by atoms with E-state index < -0.39 is 0 Å². The predicted octanol–water partition coefficient (Wildman–Crippen LogP) is 5.20. The Morgan fingerprint density at radius 1 is 1.17 bits per heavy atom. The normalized spacial score (nSPS) is 20.8. The standard InChI is InChI=1S/C32H44N4O4S/c1-20-16-29(41-5)27(31(37)34-20)18-33-32(38)30-22(3)36(21(2)24-7-9-25(39-4)10-8-24)28-11-6-23(17-26(28)30)19-35-12-14-40-15-13-35/h6,11,16-17,21,24-25H,7-10,12-15,18-19H2,1-5H3,(H,33,38)(H,34,37)/t21-,24?,25?/m1/s1. The van der Waals surface area contributed by atoms with Crippen LogP contribution in [0.5, 0.6) is 0 Å². The van der Waals surface area contributed by atoms with Crippen molar-refractivity contribution in [1.29, 1.82) is 0 Å². The minimum atomic E-state index is -0.151. The van der Waals surface area contributed by atoms with Gasteiger partial charge in [0.2, 0.25) is 0 Å². The number of aryl methyl sites for hydroxylation is 1. The first kappa shape index (κ1) is 29.9. The van der Waals surface area contributed by atoms with Crippen LogP contribution in [-0.4, -0.2) is 66.1 Å². The molecule has 9 heteroatoms. The maximum Gasteiger partial charge on any atom is 0.254 e. The summed E-state index contributed by atoms with van der Waals surface area (Å²) in [7, 11) is 1.81. The summed E-state index contributed by atoms with van der Waals surface area (Å²) in [4.78, 5) is 32.9. The average Bonchev–Trinajstić information content (AvgIpc) is 3.27. The number of rotatable bonds is 9. The summed E-state index contributed by atoms with van der Waals surface area (Å²) < 4.78 is 13.5. The Hall–Kier alpha value is -2.59. The highest BCUT2D eigenvalue weighted by atomic mass is 32.2. The number of pyridine rings is 1. The van der Waals surface area contributed by atoms with Gasteiger partial charge in [-0.15, -0.1) is 11.8 Å². The lowest BCUT2D eigenvalue weighted by Gasteiger charge is -2.33. The quantitative estimate of drug-likeness (QED) is 0.339. The zero-order valence-electron chi connectivity index (χ0n) is 25.0. The predicted molar refractivity (Wildman–Crippen MR) is 165 cm³/mol. The lowest BCUT2D eigenvalue weighted by Crippen LogP contribution is -2.35. The van der Waals surface area contributed by atoms with Crippen LogP contribution in [-0.2, 0) is 22.6 Å². The van der Waals surface area contributed by atoms with Crippen LogP contribution in [0.15, 0.2) is 34.0 Å². The van der Waals surface area contributed by atoms with Gasteiger partial charge in [-0.3, -0.25) is 14.5 Å². The molecular formula is C32H44N4O4S. The second kappa shape index (κ2) is 13.2. The highest BCUT2D eigenvalue weighted by Gasteiger charge is 2.30. The fraction of sp³-hybridized carbons (Fsp3) is 0.562. The molecule has 41 heavy (non-hydrogen) atoms. The number of carbonyl (C=O) groups excluding carboxylic acids is 1. The Morgan fingerprint density at radius 2 is 1.90 bits per heavy atom. The lowest BCUT2D eigenvalue weighted by atomic mass is 9.83. The molecule has 3 aromatic rings. The van der Waals surface area contributed by atoms with Crippen molar-refractivity contribution >= 4 is 28.6 Å². The van der Waals surface area contributed by atoms with Crippen LogP contribution in [0.4, 0.5) is 0 Å². The molecule has 5 rings (SSSR count). The molecule has 2 fully saturated rings. The molecule has 2 aliphatic rings. The number of hydrogen-bond donors (Lipinski definition) is 2. The molecule has 1 atom stereocenters. The zero-order chi connectivity index (χ0) is 29.1. The molecule has 3 heterocycles. The fourth-order valence-corrected chi connectivity index (χ4v) is 7.43. The van der Waals surface area contributed by atoms with Crippen LogP contribution in [0.25, 0.3) is 10.9 Å². The minimum Gasteiger partial charge on any atom is -0.381 e. The third-order valence-electron chi connectivity index (χ3n) is 9.07. The topological polar surface area (TPSA) is 88.6 Å². The van der Waals surface area contributed by atoms with Crippen molar-refractivity contribution in [2.75, 3.05) is 39.7 Å². The van der Waals surface area contributed by atoms with E-state index >= 15 is 0 Å². The Bertz CT molecular complexity index is 1430. The molecule has 0 radical (unpaired) electrons. The largest absolute Gasteiger partial charge is 0.381 e. The second-order valence-corrected chi connectivity index (χ2v) is 12.4. The van der Waals surface area contributed by atoms with Gasteiger partial charge in [-0.25, -0.2) is 0 Å². The highest BCUT2D eigenvalue weighted by Crippen LogP contribution is 2.38. The van der Waals surface area contributed by atoms with Crippen LogP contribution < -0.4 is 10.9 Å². The molecule has 1 aliphatic heterocycles. The van der Waals surface area contributed by atoms with Gasteiger partial charge in [0, 0.05) is 72.1 Å². The zero-order valence-corrected chi connectivity index (χ0v) is 25.9. The van der Waals surface area contributed by atoms with Crippen LogP contribution in [0, 0.1) is 19.8 Å². The summed E-state index contributed by atoms with van der Waals surface area (Å²) in [5.41, 5.74) is 5.22. The molecule has 2 aromatic heterocycles. The molecule has 1 saturated carbocycles. The van der Waals surface area contributed by atoms with Gasteiger partial charge in [0.1, 0.15) is 0 Å². The number of nitrogens with zero attached hydrogens (tertiary/aromatic N) is 2. The van der Waals surface area contributed by atoms with E-state index in [0.29, 0.717) is 23.1 Å². The maximum atomic E-state index is 13.9. The van der Waals surface area contributed by atoms with Crippen LogP contribution in [0.1, 0.15) is 71.5 Å². The molecule has 222 valence electrons. The highest BCUT2D eigenvalue weighted by molar-refractivity contribution is 7.98. The number of carbonyl (C=O) groups is 1. The molecule has 0 spiro atoms. The number of aromatic amines is 1. The molecule has 0 bridgehead atoms. The van der Waals surface area contributed by atoms with E-state index in [1.54, 1.807) is 0 Å². The fourth-order valence-electron chi connectivity index (χ4n) is 6.73. The van der Waals surface area contributed by atoms with Crippen molar-refractivity contribution < 1.29 is 14.3 Å². The van der Waals surface area contributed by atoms with E-state index in [2.05, 4.69) is 51.8 Å². The van der Waals surface area contributed by atoms with Crippen molar-refractivity contribution in [3.8, 4) is 0 Å². The number of fused-ring (bicyclic) bond motifs is 1. The molecule has 1 saturated heterocycles. The van der Waals surface area contributed by atoms with E-state index in [-0.39, 0.29) is 24.1 Å². The van der Waals surface area contributed by atoms with Gasteiger partial charge in [0.25, 0.3) is 11.5 Å². The number of amides is 1. The number of thioether (sulfide) groups is 1. The van der Waals surface area contributed by atoms with Crippen molar-refractivity contribution in [2.24, 2.45) is 5.92 Å².